The number of rotatable bonds is 12. The van der Waals surface area contributed by atoms with Crippen LogP contribution >= 0.6 is 24.0 Å². The number of aromatic carboxylic acids is 1. The second kappa shape index (κ2) is 14.8. The highest BCUT2D eigenvalue weighted by atomic mass is 32.2. The van der Waals surface area contributed by atoms with Gasteiger partial charge in [-0.25, -0.2) is 13.6 Å². The molecular weight excluding hydrogens is 610 g/mol. The number of morpholine rings is 1. The molecule has 12 heteroatoms. The molecule has 0 saturated carbocycles. The van der Waals surface area contributed by atoms with Gasteiger partial charge in [-0.15, -0.1) is 0 Å². The van der Waals surface area contributed by atoms with Gasteiger partial charge in [0.05, 0.1) is 30.3 Å². The minimum atomic E-state index is -1.01. The van der Waals surface area contributed by atoms with E-state index in [-0.39, 0.29) is 17.0 Å². The molecule has 5 rings (SSSR count). The first-order chi connectivity index (χ1) is 21.3. The number of nitrogens with zero attached hydrogens (tertiary/aromatic N) is 2. The molecule has 230 valence electrons. The number of thioether (sulfide) groups is 1. The molecule has 1 N–H and O–H groups in total. The average Bonchev–Trinajstić information content (AvgIpc) is 3.28. The largest absolute Gasteiger partial charge is 0.494 e. The molecular formula is C32H30F2N2O6S2. The van der Waals surface area contributed by atoms with Gasteiger partial charge < -0.3 is 19.3 Å². The monoisotopic (exact) mass is 640 g/mol. The predicted molar refractivity (Wildman–Crippen MR) is 168 cm³/mol. The van der Waals surface area contributed by atoms with Gasteiger partial charge in [-0.1, -0.05) is 30.0 Å². The van der Waals surface area contributed by atoms with Gasteiger partial charge in [-0.3, -0.25) is 14.6 Å². The van der Waals surface area contributed by atoms with E-state index >= 15 is 0 Å². The number of amides is 1. The molecule has 2 aliphatic rings. The molecule has 44 heavy (non-hydrogen) atoms. The minimum Gasteiger partial charge on any atom is -0.494 e. The van der Waals surface area contributed by atoms with Crippen LogP contribution in [0.3, 0.4) is 0 Å². The number of thiocarbonyl (C=S) groups is 1. The van der Waals surface area contributed by atoms with E-state index in [1.54, 1.807) is 36.4 Å². The minimum absolute atomic E-state index is 0.169. The number of hydrogen-bond donors (Lipinski definition) is 1. The Kier molecular flexibility index (Phi) is 10.6. The molecule has 0 spiro atoms. The number of carboxylic acid groups (broad SMARTS) is 1. The Balaban J connectivity index is 1.25. The van der Waals surface area contributed by atoms with Crippen molar-refractivity contribution in [3.8, 4) is 22.6 Å². The van der Waals surface area contributed by atoms with Crippen LogP contribution in [-0.2, 0) is 9.53 Å². The van der Waals surface area contributed by atoms with Crippen LogP contribution in [0.25, 0.3) is 17.2 Å². The zero-order valence-electron chi connectivity index (χ0n) is 23.7. The number of carboxylic acids is 1. The number of carbonyl (C=O) groups excluding carboxylic acids is 1. The van der Waals surface area contributed by atoms with Crippen molar-refractivity contribution in [2.45, 2.75) is 6.42 Å². The highest BCUT2D eigenvalue weighted by molar-refractivity contribution is 8.26. The summed E-state index contributed by atoms with van der Waals surface area (Å²) in [5.74, 6) is -1.67. The molecule has 2 heterocycles. The molecule has 0 aromatic heterocycles. The van der Waals surface area contributed by atoms with Gasteiger partial charge in [0.2, 0.25) is 0 Å². The van der Waals surface area contributed by atoms with Crippen molar-refractivity contribution in [3.05, 3.63) is 88.3 Å². The maximum absolute atomic E-state index is 14.9. The Morgan fingerprint density at radius 1 is 0.977 bits per heavy atom. The molecule has 0 unspecified atom stereocenters. The molecule has 8 nitrogen and oxygen atoms in total. The zero-order chi connectivity index (χ0) is 31.1. The fourth-order valence-electron chi connectivity index (χ4n) is 4.74. The van der Waals surface area contributed by atoms with Gasteiger partial charge in [0.15, 0.2) is 0 Å². The highest BCUT2D eigenvalue weighted by Gasteiger charge is 2.31. The third kappa shape index (κ3) is 8.00. The Morgan fingerprint density at radius 3 is 2.48 bits per heavy atom. The van der Waals surface area contributed by atoms with Crippen LogP contribution in [0.5, 0.6) is 11.5 Å². The normalized spacial score (nSPS) is 16.5. The quantitative estimate of drug-likeness (QED) is 0.152. The van der Waals surface area contributed by atoms with Crippen molar-refractivity contribution in [1.29, 1.82) is 0 Å². The van der Waals surface area contributed by atoms with Crippen molar-refractivity contribution in [3.63, 3.8) is 0 Å². The Hall–Kier alpha value is -3.84. The number of benzene rings is 3. The van der Waals surface area contributed by atoms with Crippen molar-refractivity contribution in [1.82, 2.24) is 9.80 Å². The average molecular weight is 641 g/mol. The SMILES string of the molecule is O=C(O)c1ccc(OCCCN2C(=O)/C(=C/c3ccc(OCCN4CCOCC4)c(-c4ccc(F)cc4F)c3)SC2=S)cc1. The van der Waals surface area contributed by atoms with Gasteiger partial charge in [0, 0.05) is 43.4 Å². The second-order valence-electron chi connectivity index (χ2n) is 10.0. The van der Waals surface area contributed by atoms with E-state index in [1.807, 2.05) is 0 Å². The van der Waals surface area contributed by atoms with Crippen LogP contribution in [0.1, 0.15) is 22.3 Å². The topological polar surface area (TPSA) is 88.5 Å². The third-order valence-electron chi connectivity index (χ3n) is 7.06. The van der Waals surface area contributed by atoms with Gasteiger partial charge in [0.25, 0.3) is 5.91 Å². The molecule has 0 bridgehead atoms. The first-order valence-corrected chi connectivity index (χ1v) is 15.2. The van der Waals surface area contributed by atoms with E-state index in [1.165, 1.54) is 40.9 Å². The summed E-state index contributed by atoms with van der Waals surface area (Å²) < 4.78 is 46.1. The van der Waals surface area contributed by atoms with Crippen molar-refractivity contribution < 1.29 is 37.7 Å². The lowest BCUT2D eigenvalue weighted by atomic mass is 10.0. The second-order valence-corrected chi connectivity index (χ2v) is 11.7. The number of ether oxygens (including phenoxy) is 3. The van der Waals surface area contributed by atoms with E-state index in [0.29, 0.717) is 77.8 Å². The van der Waals surface area contributed by atoms with Crippen LogP contribution in [0, 0.1) is 11.6 Å². The molecule has 2 fully saturated rings. The lowest BCUT2D eigenvalue weighted by Gasteiger charge is -2.26. The Morgan fingerprint density at radius 2 is 1.75 bits per heavy atom. The summed E-state index contributed by atoms with van der Waals surface area (Å²) in [7, 11) is 0. The Bertz CT molecular complexity index is 1560. The van der Waals surface area contributed by atoms with E-state index in [4.69, 9.17) is 31.5 Å². The first kappa shape index (κ1) is 31.6. The van der Waals surface area contributed by atoms with Gasteiger partial charge in [0.1, 0.15) is 34.1 Å². The highest BCUT2D eigenvalue weighted by Crippen LogP contribution is 2.37. The standard InChI is InChI=1S/C32H30F2N2O6S2/c33-23-5-8-25(27(34)20-23)26-18-21(2-9-28(26)42-17-13-35-11-15-40-16-12-35)19-29-30(37)36(32(43)44-29)10-1-14-41-24-6-3-22(4-7-24)31(38)39/h2-9,18-20H,1,10-17H2,(H,38,39)/b29-19-. The van der Waals surface area contributed by atoms with Gasteiger partial charge >= 0.3 is 5.97 Å². The predicted octanol–water partition coefficient (Wildman–Crippen LogP) is 5.71. The molecule has 3 aromatic carbocycles. The van der Waals surface area contributed by atoms with Crippen molar-refractivity contribution in [2.75, 3.05) is 52.6 Å². The van der Waals surface area contributed by atoms with Crippen LogP contribution in [0.4, 0.5) is 8.78 Å². The Labute approximate surface area is 263 Å². The van der Waals surface area contributed by atoms with E-state index in [9.17, 15) is 18.4 Å². The fourth-order valence-corrected chi connectivity index (χ4v) is 6.05. The van der Waals surface area contributed by atoms with E-state index in [0.717, 1.165) is 19.2 Å². The first-order valence-electron chi connectivity index (χ1n) is 14.0. The zero-order valence-corrected chi connectivity index (χ0v) is 25.3. The van der Waals surface area contributed by atoms with E-state index < -0.39 is 17.6 Å². The molecule has 1 amide bonds. The molecule has 0 radical (unpaired) electrons. The third-order valence-corrected chi connectivity index (χ3v) is 8.44. The summed E-state index contributed by atoms with van der Waals surface area (Å²) in [6.07, 6.45) is 2.20. The summed E-state index contributed by atoms with van der Waals surface area (Å²) in [4.78, 5) is 28.4. The van der Waals surface area contributed by atoms with Gasteiger partial charge in [-0.05, 0) is 66.6 Å². The summed E-state index contributed by atoms with van der Waals surface area (Å²) in [5, 5.41) is 9.01. The summed E-state index contributed by atoms with van der Waals surface area (Å²) >= 11 is 6.64. The molecule has 0 aliphatic carbocycles. The van der Waals surface area contributed by atoms with Crippen molar-refractivity contribution in [2.24, 2.45) is 0 Å². The van der Waals surface area contributed by atoms with Crippen LogP contribution in [0.2, 0.25) is 0 Å². The van der Waals surface area contributed by atoms with E-state index in [2.05, 4.69) is 4.90 Å². The van der Waals surface area contributed by atoms with Crippen LogP contribution in [0.15, 0.2) is 65.6 Å². The van der Waals surface area contributed by atoms with Gasteiger partial charge in [-0.2, -0.15) is 0 Å². The number of halogens is 2. The smallest absolute Gasteiger partial charge is 0.335 e. The fraction of sp³-hybridized carbons (Fsp3) is 0.281. The number of carbonyl (C=O) groups is 2. The maximum atomic E-state index is 14.9. The molecule has 2 aliphatic heterocycles. The van der Waals surface area contributed by atoms with Crippen LogP contribution in [-0.4, -0.2) is 83.7 Å². The number of hydrogen-bond acceptors (Lipinski definition) is 8. The van der Waals surface area contributed by atoms with Crippen LogP contribution < -0.4 is 9.47 Å². The summed E-state index contributed by atoms with van der Waals surface area (Å²) in [6, 6.07) is 14.7. The molecule has 2 saturated heterocycles. The lowest BCUT2D eigenvalue weighted by molar-refractivity contribution is -0.122. The lowest BCUT2D eigenvalue weighted by Crippen LogP contribution is -2.38. The summed E-state index contributed by atoms with van der Waals surface area (Å²) in [5.41, 5.74) is 1.44. The molecule has 0 atom stereocenters. The molecule has 3 aromatic rings. The maximum Gasteiger partial charge on any atom is 0.335 e. The van der Waals surface area contributed by atoms with Crippen molar-refractivity contribution >= 4 is 46.3 Å². The summed E-state index contributed by atoms with van der Waals surface area (Å²) in [6.45, 7) is 4.69.